The van der Waals surface area contributed by atoms with Crippen molar-refractivity contribution in [3.05, 3.63) is 59.7 Å². The molecule has 0 unspecified atom stereocenters. The van der Waals surface area contributed by atoms with Crippen molar-refractivity contribution in [2.45, 2.75) is 31.5 Å². The summed E-state index contributed by atoms with van der Waals surface area (Å²) in [7, 11) is 0. The van der Waals surface area contributed by atoms with E-state index in [9.17, 15) is 23.1 Å². The third-order valence-corrected chi connectivity index (χ3v) is 5.70. The lowest BCUT2D eigenvalue weighted by atomic mass is 9.93. The molecule has 33 heavy (non-hydrogen) atoms. The molecular weight excluding hydrogens is 437 g/mol. The number of alkyl halides is 3. The van der Waals surface area contributed by atoms with E-state index < -0.39 is 24.2 Å². The van der Waals surface area contributed by atoms with Crippen LogP contribution >= 0.6 is 0 Å². The van der Waals surface area contributed by atoms with Crippen LogP contribution in [0, 0.1) is 5.41 Å². The van der Waals surface area contributed by atoms with Crippen LogP contribution in [0.5, 0.6) is 0 Å². The lowest BCUT2D eigenvalue weighted by molar-refractivity contribution is -0.115. The summed E-state index contributed by atoms with van der Waals surface area (Å²) in [6.07, 6.45) is 0.705. The zero-order chi connectivity index (χ0) is 23.8. The summed E-state index contributed by atoms with van der Waals surface area (Å²) < 4.78 is 40.4. The molecule has 174 valence electrons. The molecule has 0 aromatic carbocycles. The van der Waals surface area contributed by atoms with Crippen molar-refractivity contribution in [3.8, 4) is 0 Å². The summed E-state index contributed by atoms with van der Waals surface area (Å²) in [5.74, 6) is -0.436. The minimum atomic E-state index is -4.49. The molecule has 3 N–H and O–H groups in total. The van der Waals surface area contributed by atoms with Crippen molar-refractivity contribution in [1.82, 2.24) is 19.5 Å². The number of carbonyl (C=O) groups is 1. The topological polar surface area (TPSA) is 107 Å². The van der Waals surface area contributed by atoms with Crippen LogP contribution in [0.4, 0.5) is 18.9 Å². The Morgan fingerprint density at radius 2 is 1.97 bits per heavy atom. The number of rotatable bonds is 5. The smallest absolute Gasteiger partial charge is 0.390 e. The molecule has 3 aromatic rings. The maximum Gasteiger partial charge on any atom is 0.405 e. The second kappa shape index (κ2) is 8.47. The van der Waals surface area contributed by atoms with E-state index in [0.717, 1.165) is 0 Å². The van der Waals surface area contributed by atoms with Gasteiger partial charge in [-0.25, -0.2) is 4.52 Å². The van der Waals surface area contributed by atoms with Crippen molar-refractivity contribution >= 4 is 22.8 Å². The maximum absolute atomic E-state index is 12.9. The van der Waals surface area contributed by atoms with Crippen molar-refractivity contribution in [2.75, 3.05) is 25.0 Å². The third kappa shape index (κ3) is 4.98. The molecule has 0 bridgehead atoms. The molecule has 1 amide bonds. The first kappa shape index (κ1) is 22.7. The second-order valence-corrected chi connectivity index (χ2v) is 8.34. The van der Waals surface area contributed by atoms with E-state index in [4.69, 9.17) is 5.41 Å². The van der Waals surface area contributed by atoms with Gasteiger partial charge >= 0.3 is 6.18 Å². The molecule has 3 aromatic heterocycles. The van der Waals surface area contributed by atoms with Gasteiger partial charge in [0, 0.05) is 42.3 Å². The zero-order valence-corrected chi connectivity index (χ0v) is 17.9. The number of carbonyl (C=O) groups excluding carboxylic acids is 1. The average Bonchev–Trinajstić information content (AvgIpc) is 3.20. The number of likely N-dealkylation sites (tertiary alicyclic amines) is 1. The van der Waals surface area contributed by atoms with E-state index in [2.05, 4.69) is 15.4 Å². The summed E-state index contributed by atoms with van der Waals surface area (Å²) >= 11 is 0. The van der Waals surface area contributed by atoms with Gasteiger partial charge in [-0.15, -0.1) is 0 Å². The number of hydrogen-bond donors (Lipinski definition) is 3. The minimum Gasteiger partial charge on any atom is -0.390 e. The molecule has 11 heteroatoms. The number of fused-ring (bicyclic) bond motifs is 1. The Labute approximate surface area is 187 Å². The number of halogens is 3. The summed E-state index contributed by atoms with van der Waals surface area (Å²) in [5.41, 5.74) is 0.191. The molecular formula is C22H23F3N6O2. The summed E-state index contributed by atoms with van der Waals surface area (Å²) in [4.78, 5) is 18.6. The van der Waals surface area contributed by atoms with Crippen LogP contribution < -0.4 is 5.32 Å². The van der Waals surface area contributed by atoms with Gasteiger partial charge in [-0.05, 0) is 38.0 Å². The van der Waals surface area contributed by atoms with Crippen molar-refractivity contribution in [2.24, 2.45) is 0 Å². The summed E-state index contributed by atoms with van der Waals surface area (Å²) in [6.45, 7) is 1.01. The van der Waals surface area contributed by atoms with Gasteiger partial charge < -0.3 is 15.3 Å². The number of nitrogens with one attached hydrogen (secondary N) is 2. The predicted octanol–water partition coefficient (Wildman–Crippen LogP) is 3.11. The molecule has 1 aliphatic heterocycles. The van der Waals surface area contributed by atoms with Crippen LogP contribution in [0.15, 0.2) is 42.9 Å². The highest BCUT2D eigenvalue weighted by atomic mass is 19.4. The number of anilines is 1. The fourth-order valence-corrected chi connectivity index (χ4v) is 3.74. The first-order valence-electron chi connectivity index (χ1n) is 10.4. The van der Waals surface area contributed by atoms with Gasteiger partial charge in [0.2, 0.25) is 0 Å². The van der Waals surface area contributed by atoms with Crippen molar-refractivity contribution < 1.29 is 23.1 Å². The van der Waals surface area contributed by atoms with Crippen LogP contribution in [0.1, 0.15) is 41.4 Å². The Morgan fingerprint density at radius 1 is 1.24 bits per heavy atom. The van der Waals surface area contributed by atoms with E-state index >= 15 is 0 Å². The van der Waals surface area contributed by atoms with Gasteiger partial charge in [0.25, 0.3) is 5.91 Å². The largest absolute Gasteiger partial charge is 0.405 e. The number of aromatic nitrogens is 3. The van der Waals surface area contributed by atoms with E-state index in [1.807, 2.05) is 0 Å². The molecule has 0 saturated carbocycles. The normalized spacial score (nSPS) is 16.1. The average molecular weight is 460 g/mol. The van der Waals surface area contributed by atoms with Crippen LogP contribution in [0.25, 0.3) is 5.52 Å². The lowest BCUT2D eigenvalue weighted by Gasteiger charge is -2.35. The third-order valence-electron chi connectivity index (χ3n) is 5.70. The number of aliphatic hydroxyl groups is 1. The van der Waals surface area contributed by atoms with Crippen LogP contribution in [-0.4, -0.2) is 67.6 Å². The van der Waals surface area contributed by atoms with E-state index in [0.29, 0.717) is 37.0 Å². The highest BCUT2D eigenvalue weighted by molar-refractivity contribution is 6.17. The molecule has 0 radical (unpaired) electrons. The highest BCUT2D eigenvalue weighted by Gasteiger charge is 2.31. The summed E-state index contributed by atoms with van der Waals surface area (Å²) in [6, 6.07) is 6.53. The summed E-state index contributed by atoms with van der Waals surface area (Å²) in [5, 5.41) is 25.2. The molecule has 0 spiro atoms. The van der Waals surface area contributed by atoms with Gasteiger partial charge in [0.15, 0.2) is 0 Å². The molecule has 1 aliphatic rings. The SMILES string of the molecule is CC1(O)CCN(C(=O)c2cc(NCC(F)(F)F)c(C(=N)c3cnn4ccccc34)cn2)CC1. The van der Waals surface area contributed by atoms with Gasteiger partial charge in [-0.1, -0.05) is 6.07 Å². The van der Waals surface area contributed by atoms with E-state index in [1.54, 1.807) is 35.8 Å². The Balaban J connectivity index is 1.66. The van der Waals surface area contributed by atoms with Gasteiger partial charge in [-0.3, -0.25) is 15.2 Å². The maximum atomic E-state index is 12.9. The van der Waals surface area contributed by atoms with Crippen LogP contribution in [-0.2, 0) is 0 Å². The molecule has 8 nitrogen and oxygen atoms in total. The number of pyridine rings is 2. The monoisotopic (exact) mass is 460 g/mol. The molecule has 1 fully saturated rings. The molecule has 4 heterocycles. The fourth-order valence-electron chi connectivity index (χ4n) is 3.74. The molecule has 1 saturated heterocycles. The Kier molecular flexibility index (Phi) is 5.83. The molecule has 0 atom stereocenters. The van der Waals surface area contributed by atoms with Crippen LogP contribution in [0.2, 0.25) is 0 Å². The van der Waals surface area contributed by atoms with Gasteiger partial charge in [0.1, 0.15) is 12.2 Å². The first-order chi connectivity index (χ1) is 15.5. The first-order valence-corrected chi connectivity index (χ1v) is 10.4. The Bertz CT molecular complexity index is 1190. The van der Waals surface area contributed by atoms with Gasteiger partial charge in [-0.2, -0.15) is 18.3 Å². The Hall–Kier alpha value is -3.47. The molecule has 4 rings (SSSR count). The highest BCUT2D eigenvalue weighted by Crippen LogP contribution is 2.26. The zero-order valence-electron chi connectivity index (χ0n) is 17.9. The number of nitrogens with zero attached hydrogens (tertiary/aromatic N) is 4. The van der Waals surface area contributed by atoms with Crippen molar-refractivity contribution in [3.63, 3.8) is 0 Å². The lowest BCUT2D eigenvalue weighted by Crippen LogP contribution is -2.45. The standard InChI is InChI=1S/C22H23F3N6O2/c1-21(33)5-8-30(9-6-21)20(32)17-10-16(28-13-22(23,24)25)14(11-27-17)19(26)15-12-29-31-7-3-2-4-18(15)31/h2-4,7,10-12,26,33H,5-6,8-9,13H2,1H3,(H,27,28). The van der Waals surface area contributed by atoms with Gasteiger partial charge in [0.05, 0.1) is 23.0 Å². The van der Waals surface area contributed by atoms with E-state index in [-0.39, 0.29) is 22.7 Å². The van der Waals surface area contributed by atoms with E-state index in [1.165, 1.54) is 23.4 Å². The molecule has 0 aliphatic carbocycles. The second-order valence-electron chi connectivity index (χ2n) is 8.34. The van der Waals surface area contributed by atoms with Crippen LogP contribution in [0.3, 0.4) is 0 Å². The Morgan fingerprint density at radius 3 is 2.67 bits per heavy atom. The number of hydrogen-bond acceptors (Lipinski definition) is 6. The quantitative estimate of drug-likeness (QED) is 0.508. The number of amides is 1. The van der Waals surface area contributed by atoms with Crippen molar-refractivity contribution in [1.29, 1.82) is 5.41 Å². The minimum absolute atomic E-state index is 0.0186. The predicted molar refractivity (Wildman–Crippen MR) is 116 cm³/mol. The number of piperidine rings is 1. The fraction of sp³-hybridized carbons (Fsp3) is 0.364.